The van der Waals surface area contributed by atoms with Crippen molar-refractivity contribution in [1.29, 1.82) is 0 Å². The average molecular weight is 327 g/mol. The van der Waals surface area contributed by atoms with Crippen LogP contribution in [0.1, 0.15) is 22.7 Å². The maximum Gasteiger partial charge on any atom is 0.270 e. The quantitative estimate of drug-likeness (QED) is 0.790. The van der Waals surface area contributed by atoms with Crippen molar-refractivity contribution in [1.82, 2.24) is 20.2 Å². The van der Waals surface area contributed by atoms with Crippen molar-refractivity contribution in [3.05, 3.63) is 47.9 Å². The molecule has 128 valence electrons. The molecule has 0 aliphatic heterocycles. The van der Waals surface area contributed by atoms with Crippen molar-refractivity contribution in [3.63, 3.8) is 0 Å². The van der Waals surface area contributed by atoms with Gasteiger partial charge >= 0.3 is 0 Å². The molecule has 0 saturated carbocycles. The van der Waals surface area contributed by atoms with Gasteiger partial charge in [0, 0.05) is 25.3 Å². The molecule has 0 bridgehead atoms. The van der Waals surface area contributed by atoms with Gasteiger partial charge in [-0.25, -0.2) is 9.97 Å². The fourth-order valence-electron chi connectivity index (χ4n) is 2.31. The maximum absolute atomic E-state index is 12.3. The smallest absolute Gasteiger partial charge is 0.270 e. The van der Waals surface area contributed by atoms with Crippen LogP contribution in [0.4, 0.5) is 11.5 Å². The second-order valence-corrected chi connectivity index (χ2v) is 5.97. The predicted molar refractivity (Wildman–Crippen MR) is 96.8 cm³/mol. The Kier molecular flexibility index (Phi) is 6.26. The van der Waals surface area contributed by atoms with Crippen molar-refractivity contribution in [2.75, 3.05) is 39.1 Å². The minimum absolute atomic E-state index is 0.165. The predicted octanol–water partition coefficient (Wildman–Crippen LogP) is 2.23. The van der Waals surface area contributed by atoms with E-state index in [4.69, 9.17) is 0 Å². The first-order chi connectivity index (χ1) is 11.5. The fraction of sp³-hybridized carbons (Fsp3) is 0.389. The average Bonchev–Trinajstić information content (AvgIpc) is 2.58. The molecule has 0 unspecified atom stereocenters. The third kappa shape index (κ3) is 5.03. The Morgan fingerprint density at radius 1 is 1.12 bits per heavy atom. The van der Waals surface area contributed by atoms with Gasteiger partial charge in [-0.3, -0.25) is 4.79 Å². The van der Waals surface area contributed by atoms with Crippen LogP contribution in [-0.2, 0) is 0 Å². The number of rotatable bonds is 7. The van der Waals surface area contributed by atoms with Gasteiger partial charge in [0.1, 0.15) is 17.3 Å². The molecular weight excluding hydrogens is 302 g/mol. The standard InChI is InChI=1S/C18H25N5O/c1-14-20-16(18(24)19-11-8-12-22(2)3)13-17(21-14)23(4)15-9-6-5-7-10-15/h5-7,9-10,13H,8,11-12H2,1-4H3,(H,19,24). The lowest BCUT2D eigenvalue weighted by Gasteiger charge is -2.19. The fourth-order valence-corrected chi connectivity index (χ4v) is 2.31. The van der Waals surface area contributed by atoms with E-state index in [1.54, 1.807) is 13.0 Å². The Bertz CT molecular complexity index is 672. The summed E-state index contributed by atoms with van der Waals surface area (Å²) in [7, 11) is 5.96. The highest BCUT2D eigenvalue weighted by atomic mass is 16.1. The van der Waals surface area contributed by atoms with Crippen molar-refractivity contribution in [2.45, 2.75) is 13.3 Å². The molecule has 0 fully saturated rings. The Balaban J connectivity index is 2.09. The topological polar surface area (TPSA) is 61.4 Å². The molecule has 0 spiro atoms. The Morgan fingerprint density at radius 2 is 1.83 bits per heavy atom. The van der Waals surface area contributed by atoms with Gasteiger partial charge in [-0.2, -0.15) is 0 Å². The number of amides is 1. The lowest BCUT2D eigenvalue weighted by atomic mass is 10.2. The van der Waals surface area contributed by atoms with E-state index < -0.39 is 0 Å². The zero-order chi connectivity index (χ0) is 17.5. The number of carbonyl (C=O) groups excluding carboxylic acids is 1. The largest absolute Gasteiger partial charge is 0.351 e. The summed E-state index contributed by atoms with van der Waals surface area (Å²) >= 11 is 0. The van der Waals surface area contributed by atoms with E-state index in [0.717, 1.165) is 18.7 Å². The highest BCUT2D eigenvalue weighted by Gasteiger charge is 2.13. The summed E-state index contributed by atoms with van der Waals surface area (Å²) in [6, 6.07) is 11.6. The van der Waals surface area contributed by atoms with Gasteiger partial charge < -0.3 is 15.1 Å². The SMILES string of the molecule is Cc1nc(C(=O)NCCCN(C)C)cc(N(C)c2ccccc2)n1. The van der Waals surface area contributed by atoms with Crippen LogP contribution in [0, 0.1) is 6.92 Å². The molecule has 1 aromatic carbocycles. The highest BCUT2D eigenvalue weighted by Crippen LogP contribution is 2.21. The molecule has 0 aliphatic rings. The maximum atomic E-state index is 12.3. The minimum atomic E-state index is -0.165. The number of carbonyl (C=O) groups is 1. The monoisotopic (exact) mass is 327 g/mol. The molecule has 24 heavy (non-hydrogen) atoms. The van der Waals surface area contributed by atoms with Crippen molar-refractivity contribution >= 4 is 17.4 Å². The molecule has 0 radical (unpaired) electrons. The summed E-state index contributed by atoms with van der Waals surface area (Å²) in [5.74, 6) is 1.11. The molecule has 1 amide bonds. The van der Waals surface area contributed by atoms with Gasteiger partial charge in [-0.05, 0) is 46.1 Å². The van der Waals surface area contributed by atoms with Crippen LogP contribution in [0.5, 0.6) is 0 Å². The normalized spacial score (nSPS) is 10.7. The molecule has 1 aromatic heterocycles. The molecule has 2 aromatic rings. The summed E-state index contributed by atoms with van der Waals surface area (Å²) in [4.78, 5) is 25.1. The number of aromatic nitrogens is 2. The van der Waals surface area contributed by atoms with E-state index in [0.29, 0.717) is 23.9 Å². The number of hydrogen-bond donors (Lipinski definition) is 1. The molecule has 1 N–H and O–H groups in total. The third-order valence-corrected chi connectivity index (χ3v) is 3.61. The van der Waals surface area contributed by atoms with E-state index in [-0.39, 0.29) is 5.91 Å². The molecule has 0 atom stereocenters. The van der Waals surface area contributed by atoms with E-state index in [1.165, 1.54) is 0 Å². The van der Waals surface area contributed by atoms with E-state index >= 15 is 0 Å². The summed E-state index contributed by atoms with van der Waals surface area (Å²) in [5, 5.41) is 2.91. The molecule has 0 aliphatic carbocycles. The number of anilines is 2. The summed E-state index contributed by atoms with van der Waals surface area (Å²) < 4.78 is 0. The zero-order valence-corrected chi connectivity index (χ0v) is 14.8. The van der Waals surface area contributed by atoms with Gasteiger partial charge in [0.05, 0.1) is 0 Å². The van der Waals surface area contributed by atoms with Crippen molar-refractivity contribution in [3.8, 4) is 0 Å². The van der Waals surface area contributed by atoms with E-state index in [2.05, 4.69) is 20.2 Å². The lowest BCUT2D eigenvalue weighted by molar-refractivity contribution is 0.0947. The van der Waals surface area contributed by atoms with Gasteiger partial charge in [-0.15, -0.1) is 0 Å². The number of para-hydroxylation sites is 1. The zero-order valence-electron chi connectivity index (χ0n) is 14.8. The number of nitrogens with zero attached hydrogens (tertiary/aromatic N) is 4. The summed E-state index contributed by atoms with van der Waals surface area (Å²) in [5.41, 5.74) is 1.40. The molecule has 1 heterocycles. The second-order valence-electron chi connectivity index (χ2n) is 5.97. The highest BCUT2D eigenvalue weighted by molar-refractivity contribution is 5.93. The van der Waals surface area contributed by atoms with E-state index in [1.807, 2.05) is 56.4 Å². The number of benzene rings is 1. The summed E-state index contributed by atoms with van der Waals surface area (Å²) in [6.45, 7) is 3.36. The molecule has 2 rings (SSSR count). The van der Waals surface area contributed by atoms with Crippen LogP contribution in [0.3, 0.4) is 0 Å². The van der Waals surface area contributed by atoms with Crippen LogP contribution in [0.15, 0.2) is 36.4 Å². The van der Waals surface area contributed by atoms with Gasteiger partial charge in [0.15, 0.2) is 0 Å². The van der Waals surface area contributed by atoms with Gasteiger partial charge in [0.2, 0.25) is 0 Å². The van der Waals surface area contributed by atoms with Crippen LogP contribution in [0.25, 0.3) is 0 Å². The van der Waals surface area contributed by atoms with Crippen LogP contribution in [-0.4, -0.2) is 55.0 Å². The van der Waals surface area contributed by atoms with Crippen LogP contribution in [0.2, 0.25) is 0 Å². The molecule has 6 nitrogen and oxygen atoms in total. The molecular formula is C18H25N5O. The third-order valence-electron chi connectivity index (χ3n) is 3.61. The van der Waals surface area contributed by atoms with Crippen LogP contribution >= 0.6 is 0 Å². The number of aryl methyl sites for hydroxylation is 1. The minimum Gasteiger partial charge on any atom is -0.351 e. The first-order valence-corrected chi connectivity index (χ1v) is 8.05. The second kappa shape index (κ2) is 8.40. The molecule has 0 saturated heterocycles. The Hall–Kier alpha value is -2.47. The van der Waals surface area contributed by atoms with Gasteiger partial charge in [0.25, 0.3) is 5.91 Å². The van der Waals surface area contributed by atoms with E-state index in [9.17, 15) is 4.79 Å². The molecule has 6 heteroatoms. The summed E-state index contributed by atoms with van der Waals surface area (Å²) in [6.07, 6.45) is 0.902. The Labute approximate surface area is 143 Å². The lowest BCUT2D eigenvalue weighted by Crippen LogP contribution is -2.28. The first kappa shape index (κ1) is 17.9. The van der Waals surface area contributed by atoms with Crippen LogP contribution < -0.4 is 10.2 Å². The first-order valence-electron chi connectivity index (χ1n) is 8.05. The van der Waals surface area contributed by atoms with Crippen molar-refractivity contribution < 1.29 is 4.79 Å². The van der Waals surface area contributed by atoms with Crippen molar-refractivity contribution in [2.24, 2.45) is 0 Å². The van der Waals surface area contributed by atoms with Gasteiger partial charge in [-0.1, -0.05) is 18.2 Å². The Morgan fingerprint density at radius 3 is 2.50 bits per heavy atom. The number of nitrogens with one attached hydrogen (secondary N) is 1. The number of hydrogen-bond acceptors (Lipinski definition) is 5.